The van der Waals surface area contributed by atoms with Crippen LogP contribution in [0.1, 0.15) is 0 Å². The van der Waals surface area contributed by atoms with Crippen molar-refractivity contribution >= 4 is 11.8 Å². The molecule has 0 spiro atoms. The van der Waals surface area contributed by atoms with E-state index in [2.05, 4.69) is 10.6 Å². The molecule has 0 radical (unpaired) electrons. The number of hydrogen-bond acceptors (Lipinski definition) is 4. The number of amides is 2. The first-order valence-electron chi connectivity index (χ1n) is 3.64. The Kier molecular flexibility index (Phi) is 5.94. The zero-order chi connectivity index (χ0) is 9.40. The fraction of sp³-hybridized carbons (Fsp3) is 0.667. The highest BCUT2D eigenvalue weighted by Crippen LogP contribution is 1.64. The van der Waals surface area contributed by atoms with Gasteiger partial charge >= 0.3 is 0 Å². The fourth-order valence-electron chi connectivity index (χ4n) is 0.525. The van der Waals surface area contributed by atoms with Crippen molar-refractivity contribution in [2.45, 2.75) is 0 Å². The smallest absolute Gasteiger partial charge is 0.239 e. The molecule has 0 atom stereocenters. The molecule has 2 amide bonds. The quantitative estimate of drug-likeness (QED) is 0.359. The highest BCUT2D eigenvalue weighted by Gasteiger charge is 2.01. The van der Waals surface area contributed by atoms with Crippen molar-refractivity contribution in [3.63, 3.8) is 0 Å². The maximum Gasteiger partial charge on any atom is 0.239 e. The largest absolute Gasteiger partial charge is 0.353 e. The first-order valence-corrected chi connectivity index (χ1v) is 3.64. The first kappa shape index (κ1) is 10.9. The monoisotopic (exact) mass is 174 g/mol. The summed E-state index contributed by atoms with van der Waals surface area (Å²) in [5, 5.41) is 4.82. The second-order valence-electron chi connectivity index (χ2n) is 2.12. The van der Waals surface area contributed by atoms with E-state index in [-0.39, 0.29) is 24.9 Å². The maximum absolute atomic E-state index is 10.8. The summed E-state index contributed by atoms with van der Waals surface area (Å²) in [7, 11) is 0. The molecule has 0 aliphatic rings. The number of hydrogen-bond donors (Lipinski definition) is 4. The van der Waals surface area contributed by atoms with Gasteiger partial charge in [0.25, 0.3) is 0 Å². The van der Waals surface area contributed by atoms with Crippen LogP contribution in [-0.4, -0.2) is 38.0 Å². The molecule has 0 aromatic rings. The normalized spacial score (nSPS) is 9.17. The van der Waals surface area contributed by atoms with Gasteiger partial charge in [-0.05, 0) is 0 Å². The van der Waals surface area contributed by atoms with Gasteiger partial charge in [0.1, 0.15) is 0 Å². The van der Waals surface area contributed by atoms with Gasteiger partial charge in [-0.1, -0.05) is 0 Å². The van der Waals surface area contributed by atoms with Crippen LogP contribution < -0.4 is 22.1 Å². The van der Waals surface area contributed by atoms with Gasteiger partial charge in [0, 0.05) is 13.1 Å². The summed E-state index contributed by atoms with van der Waals surface area (Å²) in [6, 6.07) is 0. The van der Waals surface area contributed by atoms with Crippen molar-refractivity contribution in [1.82, 2.24) is 10.6 Å². The molecule has 70 valence electrons. The zero-order valence-corrected chi connectivity index (χ0v) is 6.80. The number of nitrogens with one attached hydrogen (secondary N) is 2. The summed E-state index contributed by atoms with van der Waals surface area (Å²) < 4.78 is 0. The second-order valence-corrected chi connectivity index (χ2v) is 2.12. The zero-order valence-electron chi connectivity index (χ0n) is 6.80. The van der Waals surface area contributed by atoms with E-state index in [4.69, 9.17) is 11.5 Å². The van der Waals surface area contributed by atoms with Crippen LogP contribution >= 0.6 is 0 Å². The van der Waals surface area contributed by atoms with Crippen LogP contribution in [0.4, 0.5) is 0 Å². The van der Waals surface area contributed by atoms with Crippen molar-refractivity contribution in [3.05, 3.63) is 0 Å². The van der Waals surface area contributed by atoms with Gasteiger partial charge in [0.15, 0.2) is 0 Å². The van der Waals surface area contributed by atoms with Gasteiger partial charge in [-0.2, -0.15) is 0 Å². The lowest BCUT2D eigenvalue weighted by Gasteiger charge is -2.03. The molecule has 0 rings (SSSR count). The van der Waals surface area contributed by atoms with Crippen molar-refractivity contribution in [1.29, 1.82) is 0 Å². The summed E-state index contributed by atoms with van der Waals surface area (Å²) in [4.78, 5) is 21.3. The van der Waals surface area contributed by atoms with Crippen LogP contribution in [0, 0.1) is 0 Å². The SMILES string of the molecule is NCCNC(=O)CNC(=O)CN. The number of nitrogens with two attached hydrogens (primary N) is 2. The second kappa shape index (κ2) is 6.56. The predicted octanol–water partition coefficient (Wildman–Crippen LogP) is -2.86. The first-order chi connectivity index (χ1) is 5.70. The van der Waals surface area contributed by atoms with Crippen LogP contribution in [-0.2, 0) is 9.59 Å². The van der Waals surface area contributed by atoms with Gasteiger partial charge in [-0.3, -0.25) is 9.59 Å². The molecule has 0 unspecified atom stereocenters. The standard InChI is InChI=1S/C6H14N4O2/c7-1-2-9-6(12)4-10-5(11)3-8/h1-4,7-8H2,(H,9,12)(H,10,11). The molecular formula is C6H14N4O2. The van der Waals surface area contributed by atoms with Crippen LogP contribution in [0.15, 0.2) is 0 Å². The summed E-state index contributed by atoms with van der Waals surface area (Å²) in [6.45, 7) is 0.647. The summed E-state index contributed by atoms with van der Waals surface area (Å²) in [5.74, 6) is -0.611. The number of carbonyl (C=O) groups excluding carboxylic acids is 2. The molecule has 0 fully saturated rings. The summed E-state index contributed by atoms with van der Waals surface area (Å²) in [5.41, 5.74) is 10.1. The number of rotatable bonds is 5. The fourth-order valence-corrected chi connectivity index (χ4v) is 0.525. The van der Waals surface area contributed by atoms with Gasteiger partial charge in [0.05, 0.1) is 13.1 Å². The number of carbonyl (C=O) groups is 2. The van der Waals surface area contributed by atoms with Gasteiger partial charge in [-0.25, -0.2) is 0 Å². The molecule has 0 bridgehead atoms. The van der Waals surface area contributed by atoms with E-state index in [1.807, 2.05) is 0 Å². The average Bonchev–Trinajstić information content (AvgIpc) is 2.10. The molecule has 0 saturated carbocycles. The highest BCUT2D eigenvalue weighted by atomic mass is 16.2. The van der Waals surface area contributed by atoms with Crippen molar-refractivity contribution < 1.29 is 9.59 Å². The topological polar surface area (TPSA) is 110 Å². The average molecular weight is 174 g/mol. The van der Waals surface area contributed by atoms with E-state index in [0.29, 0.717) is 13.1 Å². The minimum absolute atomic E-state index is 0.0456. The Morgan fingerprint density at radius 1 is 1.08 bits per heavy atom. The molecular weight excluding hydrogens is 160 g/mol. The predicted molar refractivity (Wildman–Crippen MR) is 44.1 cm³/mol. The Bertz CT molecular complexity index is 160. The molecule has 6 heteroatoms. The van der Waals surface area contributed by atoms with E-state index in [0.717, 1.165) is 0 Å². The maximum atomic E-state index is 10.8. The Morgan fingerprint density at radius 2 is 1.75 bits per heavy atom. The molecule has 0 aromatic heterocycles. The van der Waals surface area contributed by atoms with E-state index >= 15 is 0 Å². The third-order valence-electron chi connectivity index (χ3n) is 1.10. The minimum atomic E-state index is -0.349. The third-order valence-corrected chi connectivity index (χ3v) is 1.10. The Balaban J connectivity index is 3.37. The molecule has 0 heterocycles. The lowest BCUT2D eigenvalue weighted by Crippen LogP contribution is -2.40. The van der Waals surface area contributed by atoms with Crippen molar-refractivity contribution in [2.75, 3.05) is 26.2 Å². The van der Waals surface area contributed by atoms with Gasteiger partial charge < -0.3 is 22.1 Å². The molecule has 6 nitrogen and oxygen atoms in total. The Morgan fingerprint density at radius 3 is 2.25 bits per heavy atom. The van der Waals surface area contributed by atoms with Crippen LogP contribution in [0.2, 0.25) is 0 Å². The molecule has 0 saturated heterocycles. The van der Waals surface area contributed by atoms with Crippen molar-refractivity contribution in [3.8, 4) is 0 Å². The lowest BCUT2D eigenvalue weighted by molar-refractivity contribution is -0.125. The van der Waals surface area contributed by atoms with Crippen LogP contribution in [0.25, 0.3) is 0 Å². The Hall–Kier alpha value is -1.14. The molecule has 0 aliphatic heterocycles. The Labute approximate surface area is 70.7 Å². The molecule has 6 N–H and O–H groups in total. The minimum Gasteiger partial charge on any atom is -0.353 e. The lowest BCUT2D eigenvalue weighted by atomic mass is 10.5. The van der Waals surface area contributed by atoms with Crippen molar-refractivity contribution in [2.24, 2.45) is 11.5 Å². The van der Waals surface area contributed by atoms with E-state index in [1.165, 1.54) is 0 Å². The summed E-state index contributed by atoms with van der Waals surface area (Å²) in [6.07, 6.45) is 0. The third kappa shape index (κ3) is 5.63. The van der Waals surface area contributed by atoms with Gasteiger partial charge in [0.2, 0.25) is 11.8 Å². The van der Waals surface area contributed by atoms with Crippen LogP contribution in [0.3, 0.4) is 0 Å². The molecule has 0 aliphatic carbocycles. The molecule has 12 heavy (non-hydrogen) atoms. The van der Waals surface area contributed by atoms with E-state index < -0.39 is 0 Å². The van der Waals surface area contributed by atoms with Crippen LogP contribution in [0.5, 0.6) is 0 Å². The van der Waals surface area contributed by atoms with Gasteiger partial charge in [-0.15, -0.1) is 0 Å². The highest BCUT2D eigenvalue weighted by molar-refractivity contribution is 5.85. The van der Waals surface area contributed by atoms with E-state index in [1.54, 1.807) is 0 Å². The molecule has 0 aromatic carbocycles. The summed E-state index contributed by atoms with van der Waals surface area (Å²) >= 11 is 0. The van der Waals surface area contributed by atoms with E-state index in [9.17, 15) is 9.59 Å².